The minimum atomic E-state index is -0.0600. The number of nitrogens with zero attached hydrogens (tertiary/aromatic N) is 1. The SMILES string of the molecule is Cc1ccc(-c2cncc(C(=O)NCC3CCCN3)c2)cc1.Cl.Cl. The largest absolute Gasteiger partial charge is 0.350 e. The summed E-state index contributed by atoms with van der Waals surface area (Å²) >= 11 is 0. The molecule has 1 aliphatic heterocycles. The van der Waals surface area contributed by atoms with E-state index in [-0.39, 0.29) is 30.7 Å². The highest BCUT2D eigenvalue weighted by Crippen LogP contribution is 2.19. The Morgan fingerprint density at radius 1 is 1.21 bits per heavy atom. The lowest BCUT2D eigenvalue weighted by Gasteiger charge is -2.11. The lowest BCUT2D eigenvalue weighted by Crippen LogP contribution is -2.37. The van der Waals surface area contributed by atoms with Gasteiger partial charge in [0, 0.05) is 30.5 Å². The molecule has 0 aliphatic carbocycles. The van der Waals surface area contributed by atoms with Crippen molar-refractivity contribution in [3.63, 3.8) is 0 Å². The van der Waals surface area contributed by atoms with Gasteiger partial charge < -0.3 is 10.6 Å². The molecule has 1 fully saturated rings. The summed E-state index contributed by atoms with van der Waals surface area (Å²) in [4.78, 5) is 16.5. The molecule has 1 amide bonds. The Hall–Kier alpha value is -1.62. The maximum absolute atomic E-state index is 12.3. The zero-order chi connectivity index (χ0) is 15.4. The molecular weight excluding hydrogens is 345 g/mol. The van der Waals surface area contributed by atoms with Crippen molar-refractivity contribution in [1.82, 2.24) is 15.6 Å². The lowest BCUT2D eigenvalue weighted by molar-refractivity contribution is 0.0950. The van der Waals surface area contributed by atoms with Crippen LogP contribution in [-0.4, -0.2) is 30.0 Å². The molecule has 1 unspecified atom stereocenters. The number of halogens is 2. The molecule has 4 nitrogen and oxygen atoms in total. The second kappa shape index (κ2) is 9.62. The highest BCUT2D eigenvalue weighted by atomic mass is 35.5. The summed E-state index contributed by atoms with van der Waals surface area (Å²) < 4.78 is 0. The Bertz CT molecular complexity index is 656. The first-order valence-corrected chi connectivity index (χ1v) is 7.76. The molecule has 6 heteroatoms. The van der Waals surface area contributed by atoms with Gasteiger partial charge in [-0.15, -0.1) is 24.8 Å². The Kier molecular flexibility index (Phi) is 8.19. The smallest absolute Gasteiger partial charge is 0.252 e. The summed E-state index contributed by atoms with van der Waals surface area (Å²) in [6.07, 6.45) is 5.72. The number of hydrogen-bond acceptors (Lipinski definition) is 3. The van der Waals surface area contributed by atoms with Crippen LogP contribution in [0.25, 0.3) is 11.1 Å². The van der Waals surface area contributed by atoms with Crippen LogP contribution in [0, 0.1) is 6.92 Å². The summed E-state index contributed by atoms with van der Waals surface area (Å²) in [5.74, 6) is -0.0600. The first kappa shape index (κ1) is 20.4. The van der Waals surface area contributed by atoms with Gasteiger partial charge in [0.1, 0.15) is 0 Å². The zero-order valence-electron chi connectivity index (χ0n) is 13.6. The van der Waals surface area contributed by atoms with Gasteiger partial charge in [-0.1, -0.05) is 29.8 Å². The molecule has 3 rings (SSSR count). The average molecular weight is 368 g/mol. The summed E-state index contributed by atoms with van der Waals surface area (Å²) in [7, 11) is 0. The van der Waals surface area contributed by atoms with Gasteiger partial charge >= 0.3 is 0 Å². The fraction of sp³-hybridized carbons (Fsp3) is 0.333. The van der Waals surface area contributed by atoms with Crippen LogP contribution in [0.1, 0.15) is 28.8 Å². The molecule has 2 aromatic rings. The number of hydrogen-bond donors (Lipinski definition) is 2. The molecule has 0 saturated carbocycles. The van der Waals surface area contributed by atoms with E-state index in [1.54, 1.807) is 12.4 Å². The van der Waals surface area contributed by atoms with Crippen molar-refractivity contribution in [2.24, 2.45) is 0 Å². The van der Waals surface area contributed by atoms with Crippen LogP contribution in [0.4, 0.5) is 0 Å². The molecule has 1 saturated heterocycles. The number of nitrogens with one attached hydrogen (secondary N) is 2. The van der Waals surface area contributed by atoms with Crippen LogP contribution in [-0.2, 0) is 0 Å². The molecule has 0 spiro atoms. The molecule has 2 N–H and O–H groups in total. The van der Waals surface area contributed by atoms with Gasteiger partial charge in [0.15, 0.2) is 0 Å². The highest BCUT2D eigenvalue weighted by Gasteiger charge is 2.15. The average Bonchev–Trinajstić information content (AvgIpc) is 3.07. The summed E-state index contributed by atoms with van der Waals surface area (Å²) in [5.41, 5.74) is 3.86. The van der Waals surface area contributed by atoms with Crippen molar-refractivity contribution >= 4 is 30.7 Å². The first-order valence-electron chi connectivity index (χ1n) is 7.76. The van der Waals surface area contributed by atoms with E-state index in [1.807, 2.05) is 6.07 Å². The Morgan fingerprint density at radius 2 is 1.96 bits per heavy atom. The third-order valence-electron chi connectivity index (χ3n) is 4.06. The molecule has 1 atom stereocenters. The van der Waals surface area contributed by atoms with Crippen molar-refractivity contribution in [2.45, 2.75) is 25.8 Å². The Balaban J connectivity index is 0.00000144. The summed E-state index contributed by atoms with van der Waals surface area (Å²) in [5, 5.41) is 6.36. The van der Waals surface area contributed by atoms with Crippen molar-refractivity contribution in [1.29, 1.82) is 0 Å². The molecule has 0 bridgehead atoms. The molecule has 130 valence electrons. The second-order valence-electron chi connectivity index (χ2n) is 5.83. The fourth-order valence-electron chi connectivity index (χ4n) is 2.72. The number of carbonyl (C=O) groups excluding carboxylic acids is 1. The normalized spacial score (nSPS) is 16.0. The molecule has 0 radical (unpaired) electrons. The predicted molar refractivity (Wildman–Crippen MR) is 102 cm³/mol. The van der Waals surface area contributed by atoms with E-state index in [0.29, 0.717) is 18.2 Å². The third-order valence-corrected chi connectivity index (χ3v) is 4.06. The van der Waals surface area contributed by atoms with Crippen molar-refractivity contribution in [2.75, 3.05) is 13.1 Å². The number of aromatic nitrogens is 1. The Morgan fingerprint density at radius 3 is 2.62 bits per heavy atom. The molecule has 1 aliphatic rings. The van der Waals surface area contributed by atoms with Crippen molar-refractivity contribution in [3.8, 4) is 11.1 Å². The molecule has 1 aromatic carbocycles. The van der Waals surface area contributed by atoms with Crippen molar-refractivity contribution in [3.05, 3.63) is 53.9 Å². The molecule has 1 aromatic heterocycles. The molecule has 2 heterocycles. The number of carbonyl (C=O) groups is 1. The van der Waals surface area contributed by atoms with E-state index in [9.17, 15) is 4.79 Å². The van der Waals surface area contributed by atoms with Gasteiger partial charge in [-0.25, -0.2) is 0 Å². The highest BCUT2D eigenvalue weighted by molar-refractivity contribution is 5.95. The number of rotatable bonds is 4. The minimum absolute atomic E-state index is 0. The monoisotopic (exact) mass is 367 g/mol. The van der Waals surface area contributed by atoms with Crippen molar-refractivity contribution < 1.29 is 4.79 Å². The van der Waals surface area contributed by atoms with Crippen LogP contribution >= 0.6 is 24.8 Å². The van der Waals surface area contributed by atoms with Crippen LogP contribution in [0.15, 0.2) is 42.7 Å². The van der Waals surface area contributed by atoms with Gasteiger partial charge in [-0.3, -0.25) is 9.78 Å². The fourth-order valence-corrected chi connectivity index (χ4v) is 2.72. The van der Waals surface area contributed by atoms with E-state index >= 15 is 0 Å². The number of benzene rings is 1. The van der Waals surface area contributed by atoms with Crippen LogP contribution in [0.5, 0.6) is 0 Å². The van der Waals surface area contributed by atoms with Gasteiger partial charge in [-0.2, -0.15) is 0 Å². The van der Waals surface area contributed by atoms with E-state index in [4.69, 9.17) is 0 Å². The van der Waals surface area contributed by atoms with Crippen LogP contribution < -0.4 is 10.6 Å². The maximum Gasteiger partial charge on any atom is 0.252 e. The molecule has 24 heavy (non-hydrogen) atoms. The predicted octanol–water partition coefficient (Wildman–Crippen LogP) is 3.38. The molecular formula is C18H23Cl2N3O. The van der Waals surface area contributed by atoms with E-state index in [1.165, 1.54) is 12.0 Å². The van der Waals surface area contributed by atoms with Crippen LogP contribution in [0.2, 0.25) is 0 Å². The zero-order valence-corrected chi connectivity index (χ0v) is 15.3. The summed E-state index contributed by atoms with van der Waals surface area (Å²) in [6.45, 7) is 3.78. The third kappa shape index (κ3) is 5.20. The van der Waals surface area contributed by atoms with Crippen LogP contribution in [0.3, 0.4) is 0 Å². The Labute approximate surface area is 155 Å². The number of pyridine rings is 1. The van der Waals surface area contributed by atoms with E-state index in [0.717, 1.165) is 24.1 Å². The first-order chi connectivity index (χ1) is 10.7. The van der Waals surface area contributed by atoms with Gasteiger partial charge in [0.2, 0.25) is 0 Å². The quantitative estimate of drug-likeness (QED) is 0.870. The van der Waals surface area contributed by atoms with E-state index in [2.05, 4.69) is 46.8 Å². The maximum atomic E-state index is 12.3. The lowest BCUT2D eigenvalue weighted by atomic mass is 10.0. The number of aryl methyl sites for hydroxylation is 1. The summed E-state index contributed by atoms with van der Waals surface area (Å²) in [6, 6.07) is 10.5. The van der Waals surface area contributed by atoms with Gasteiger partial charge in [0.25, 0.3) is 5.91 Å². The standard InChI is InChI=1S/C18H21N3O.2ClH/c1-13-4-6-14(7-5-13)15-9-16(11-19-10-15)18(22)21-12-17-3-2-8-20-17;;/h4-7,9-11,17,20H,2-3,8,12H2,1H3,(H,21,22);2*1H. The van der Waals surface area contributed by atoms with Gasteiger partial charge in [0.05, 0.1) is 5.56 Å². The van der Waals surface area contributed by atoms with Gasteiger partial charge in [-0.05, 0) is 37.9 Å². The second-order valence-corrected chi connectivity index (χ2v) is 5.83. The minimum Gasteiger partial charge on any atom is -0.350 e. The van der Waals surface area contributed by atoms with E-state index < -0.39 is 0 Å². The number of amides is 1. The topological polar surface area (TPSA) is 54.0 Å².